The summed E-state index contributed by atoms with van der Waals surface area (Å²) in [5.74, 6) is -2.00. The van der Waals surface area contributed by atoms with Gasteiger partial charge in [0.05, 0.1) is 13.2 Å². The van der Waals surface area contributed by atoms with E-state index in [1.165, 1.54) is 0 Å². The molecule has 0 fully saturated rings. The van der Waals surface area contributed by atoms with E-state index in [0.29, 0.717) is 6.42 Å². The fraction of sp³-hybridized carbons (Fsp3) is 0.529. The van der Waals surface area contributed by atoms with Crippen molar-refractivity contribution < 1.29 is 19.1 Å². The Morgan fingerprint density at radius 3 is 1.86 bits per heavy atom. The zero-order valence-electron chi connectivity index (χ0n) is 13.2. The van der Waals surface area contributed by atoms with Gasteiger partial charge >= 0.3 is 11.9 Å². The molecule has 0 N–H and O–H groups in total. The number of carbonyl (C=O) groups excluding carboxylic acids is 2. The van der Waals surface area contributed by atoms with Crippen LogP contribution in [0.25, 0.3) is 0 Å². The maximum atomic E-state index is 12.3. The highest BCUT2D eigenvalue weighted by Gasteiger charge is 2.46. The molecule has 4 heteroatoms. The third-order valence-electron chi connectivity index (χ3n) is 3.85. The minimum Gasteiger partial charge on any atom is -0.465 e. The lowest BCUT2D eigenvalue weighted by molar-refractivity contribution is -0.165. The minimum atomic E-state index is -0.954. The predicted octanol–water partition coefficient (Wildman–Crippen LogP) is 3.10. The number of carbonyl (C=O) groups is 2. The van der Waals surface area contributed by atoms with Gasteiger partial charge in [-0.15, -0.1) is 0 Å². The summed E-state index contributed by atoms with van der Waals surface area (Å²) in [7, 11) is 0. The van der Waals surface area contributed by atoms with Crippen LogP contribution >= 0.6 is 0 Å². The van der Waals surface area contributed by atoms with Crippen molar-refractivity contribution in [2.45, 2.75) is 39.5 Å². The van der Waals surface area contributed by atoms with Gasteiger partial charge in [-0.2, -0.15) is 0 Å². The Morgan fingerprint density at radius 1 is 1.00 bits per heavy atom. The Morgan fingerprint density at radius 2 is 1.48 bits per heavy atom. The number of ether oxygens (including phenoxy) is 2. The van der Waals surface area contributed by atoms with E-state index >= 15 is 0 Å². The Balaban J connectivity index is 3.25. The standard InChI is InChI=1S/C17H24O4/c1-5-17(4,13-11-9-8-10-12-13)14(15(18)20-6-2)16(19)21-7-3/h8-12,14H,5-7H2,1-4H3. The molecule has 0 spiro atoms. The Hall–Kier alpha value is -1.84. The molecule has 116 valence electrons. The summed E-state index contributed by atoms with van der Waals surface area (Å²) in [6.45, 7) is 7.80. The second-order valence-electron chi connectivity index (χ2n) is 5.07. The Labute approximate surface area is 126 Å². The molecular formula is C17H24O4. The lowest BCUT2D eigenvalue weighted by atomic mass is 9.70. The second kappa shape index (κ2) is 7.81. The van der Waals surface area contributed by atoms with E-state index < -0.39 is 23.3 Å². The summed E-state index contributed by atoms with van der Waals surface area (Å²) in [6, 6.07) is 9.56. The monoisotopic (exact) mass is 292 g/mol. The zero-order valence-corrected chi connectivity index (χ0v) is 13.2. The average molecular weight is 292 g/mol. The summed E-state index contributed by atoms with van der Waals surface area (Å²) in [5, 5.41) is 0. The SMILES string of the molecule is CCOC(=O)C(C(=O)OCC)C(C)(CC)c1ccccc1. The van der Waals surface area contributed by atoms with Crippen LogP contribution in [0.2, 0.25) is 0 Å². The predicted molar refractivity (Wildman–Crippen MR) is 80.8 cm³/mol. The Bertz CT molecular complexity index is 451. The highest BCUT2D eigenvalue weighted by molar-refractivity contribution is 5.96. The fourth-order valence-electron chi connectivity index (χ4n) is 2.46. The molecule has 21 heavy (non-hydrogen) atoms. The second-order valence-corrected chi connectivity index (χ2v) is 5.07. The first-order valence-corrected chi connectivity index (χ1v) is 7.40. The molecular weight excluding hydrogens is 268 g/mol. The van der Waals surface area contributed by atoms with Crippen LogP contribution in [0.1, 0.15) is 39.7 Å². The van der Waals surface area contributed by atoms with Gasteiger partial charge in [-0.05, 0) is 25.8 Å². The van der Waals surface area contributed by atoms with Crippen molar-refractivity contribution in [2.75, 3.05) is 13.2 Å². The topological polar surface area (TPSA) is 52.6 Å². The van der Waals surface area contributed by atoms with E-state index in [4.69, 9.17) is 9.47 Å². The van der Waals surface area contributed by atoms with Crippen molar-refractivity contribution in [2.24, 2.45) is 5.92 Å². The van der Waals surface area contributed by atoms with E-state index in [2.05, 4.69) is 0 Å². The summed E-state index contributed by atoms with van der Waals surface area (Å²) < 4.78 is 10.2. The maximum absolute atomic E-state index is 12.3. The molecule has 0 saturated carbocycles. The normalized spacial score (nSPS) is 13.6. The van der Waals surface area contributed by atoms with Crippen LogP contribution in [-0.2, 0) is 24.5 Å². The van der Waals surface area contributed by atoms with Gasteiger partial charge in [0.15, 0.2) is 5.92 Å². The van der Waals surface area contributed by atoms with Gasteiger partial charge < -0.3 is 9.47 Å². The number of benzene rings is 1. The van der Waals surface area contributed by atoms with Gasteiger partial charge in [0.2, 0.25) is 0 Å². The maximum Gasteiger partial charge on any atom is 0.321 e. The lowest BCUT2D eigenvalue weighted by Crippen LogP contribution is -2.44. The highest BCUT2D eigenvalue weighted by Crippen LogP contribution is 2.37. The number of hydrogen-bond donors (Lipinski definition) is 0. The van der Waals surface area contributed by atoms with Crippen molar-refractivity contribution in [3.05, 3.63) is 35.9 Å². The van der Waals surface area contributed by atoms with Crippen LogP contribution in [0.3, 0.4) is 0 Å². The summed E-state index contributed by atoms with van der Waals surface area (Å²) in [4.78, 5) is 24.6. The molecule has 1 unspecified atom stereocenters. The van der Waals surface area contributed by atoms with Crippen LogP contribution < -0.4 is 0 Å². The van der Waals surface area contributed by atoms with Gasteiger partial charge in [-0.3, -0.25) is 9.59 Å². The summed E-state index contributed by atoms with van der Waals surface area (Å²) >= 11 is 0. The van der Waals surface area contributed by atoms with Crippen molar-refractivity contribution in [1.29, 1.82) is 0 Å². The number of rotatable bonds is 7. The van der Waals surface area contributed by atoms with Crippen molar-refractivity contribution in [3.8, 4) is 0 Å². The molecule has 0 heterocycles. The molecule has 1 atom stereocenters. The first-order valence-electron chi connectivity index (χ1n) is 7.40. The van der Waals surface area contributed by atoms with Crippen LogP contribution in [-0.4, -0.2) is 25.2 Å². The molecule has 0 saturated heterocycles. The van der Waals surface area contributed by atoms with E-state index in [1.807, 2.05) is 44.2 Å². The smallest absolute Gasteiger partial charge is 0.321 e. The van der Waals surface area contributed by atoms with Crippen molar-refractivity contribution >= 4 is 11.9 Å². The molecule has 1 rings (SSSR count). The van der Waals surface area contributed by atoms with Crippen molar-refractivity contribution in [3.63, 3.8) is 0 Å². The highest BCUT2D eigenvalue weighted by atomic mass is 16.6. The van der Waals surface area contributed by atoms with Gasteiger partial charge in [-0.25, -0.2) is 0 Å². The fourth-order valence-corrected chi connectivity index (χ4v) is 2.46. The van der Waals surface area contributed by atoms with Gasteiger partial charge in [0.25, 0.3) is 0 Å². The molecule has 0 radical (unpaired) electrons. The van der Waals surface area contributed by atoms with Crippen LogP contribution in [0, 0.1) is 5.92 Å². The molecule has 1 aromatic carbocycles. The first-order chi connectivity index (χ1) is 10.0. The van der Waals surface area contributed by atoms with Crippen LogP contribution in [0.4, 0.5) is 0 Å². The molecule has 0 amide bonds. The van der Waals surface area contributed by atoms with Gasteiger partial charge in [-0.1, -0.05) is 44.2 Å². The molecule has 1 aromatic rings. The third kappa shape index (κ3) is 3.84. The zero-order chi connectivity index (χ0) is 15.9. The molecule has 0 aliphatic rings. The van der Waals surface area contributed by atoms with E-state index in [-0.39, 0.29) is 13.2 Å². The lowest BCUT2D eigenvalue weighted by Gasteiger charge is -2.34. The third-order valence-corrected chi connectivity index (χ3v) is 3.85. The molecule has 0 aliphatic heterocycles. The first kappa shape index (κ1) is 17.2. The van der Waals surface area contributed by atoms with Gasteiger partial charge in [0, 0.05) is 5.41 Å². The molecule has 4 nitrogen and oxygen atoms in total. The molecule has 0 aromatic heterocycles. The Kier molecular flexibility index (Phi) is 6.40. The summed E-state index contributed by atoms with van der Waals surface area (Å²) in [6.07, 6.45) is 0.624. The number of hydrogen-bond acceptors (Lipinski definition) is 4. The van der Waals surface area contributed by atoms with E-state index in [1.54, 1.807) is 13.8 Å². The average Bonchev–Trinajstić information content (AvgIpc) is 2.48. The van der Waals surface area contributed by atoms with Gasteiger partial charge in [0.1, 0.15) is 0 Å². The van der Waals surface area contributed by atoms with Crippen LogP contribution in [0.15, 0.2) is 30.3 Å². The number of esters is 2. The minimum absolute atomic E-state index is 0.239. The molecule has 0 bridgehead atoms. The van der Waals surface area contributed by atoms with Crippen LogP contribution in [0.5, 0.6) is 0 Å². The summed E-state index contributed by atoms with van der Waals surface area (Å²) in [5.41, 5.74) is 0.276. The molecule has 0 aliphatic carbocycles. The largest absolute Gasteiger partial charge is 0.465 e. The van der Waals surface area contributed by atoms with E-state index in [9.17, 15) is 9.59 Å². The van der Waals surface area contributed by atoms with Crippen molar-refractivity contribution in [1.82, 2.24) is 0 Å². The quantitative estimate of drug-likeness (QED) is 0.572. The van der Waals surface area contributed by atoms with E-state index in [0.717, 1.165) is 5.56 Å².